The summed E-state index contributed by atoms with van der Waals surface area (Å²) in [7, 11) is 0. The van der Waals surface area contributed by atoms with E-state index >= 15 is 0 Å². The van der Waals surface area contributed by atoms with Crippen LogP contribution in [0.1, 0.15) is 96.8 Å². The van der Waals surface area contributed by atoms with Crippen molar-refractivity contribution in [2.75, 3.05) is 6.61 Å². The van der Waals surface area contributed by atoms with Crippen molar-refractivity contribution in [1.82, 2.24) is 0 Å². The zero-order valence-corrected chi connectivity index (χ0v) is 13.6. The zero-order chi connectivity index (χ0) is 14.5. The van der Waals surface area contributed by atoms with Gasteiger partial charge in [0.25, 0.3) is 0 Å². The van der Waals surface area contributed by atoms with Gasteiger partial charge in [-0.1, -0.05) is 90.4 Å². The Hall–Kier alpha value is -0.0800. The van der Waals surface area contributed by atoms with Gasteiger partial charge in [0, 0.05) is 0 Å². The lowest BCUT2D eigenvalue weighted by Crippen LogP contribution is -2.13. The molecule has 0 bridgehead atoms. The number of epoxide rings is 1. The molecule has 0 aromatic carbocycles. The van der Waals surface area contributed by atoms with Crippen LogP contribution < -0.4 is 0 Å². The summed E-state index contributed by atoms with van der Waals surface area (Å²) in [5.74, 6) is 0. The lowest BCUT2D eigenvalue weighted by Gasteiger charge is -2.06. The molecular formula is C18H36O2. The van der Waals surface area contributed by atoms with Gasteiger partial charge in [-0.2, -0.15) is 0 Å². The van der Waals surface area contributed by atoms with E-state index in [1.54, 1.807) is 0 Å². The van der Waals surface area contributed by atoms with Gasteiger partial charge in [0.1, 0.15) is 6.10 Å². The predicted molar refractivity (Wildman–Crippen MR) is 86.1 cm³/mol. The summed E-state index contributed by atoms with van der Waals surface area (Å²) < 4.78 is 5.08. The van der Waals surface area contributed by atoms with Crippen LogP contribution in [0, 0.1) is 0 Å². The molecule has 1 N–H and O–H groups in total. The fourth-order valence-corrected chi connectivity index (χ4v) is 2.83. The average Bonchev–Trinajstić information content (AvgIpc) is 3.28. The molecule has 0 amide bonds. The Morgan fingerprint density at radius 2 is 1.20 bits per heavy atom. The van der Waals surface area contributed by atoms with Crippen LogP contribution in [0.4, 0.5) is 0 Å². The van der Waals surface area contributed by atoms with Gasteiger partial charge >= 0.3 is 0 Å². The summed E-state index contributed by atoms with van der Waals surface area (Å²) in [6, 6.07) is 0. The minimum atomic E-state index is -0.192. The van der Waals surface area contributed by atoms with E-state index in [-0.39, 0.29) is 12.2 Å². The Balaban J connectivity index is 1.66. The van der Waals surface area contributed by atoms with E-state index in [4.69, 9.17) is 4.74 Å². The van der Waals surface area contributed by atoms with Gasteiger partial charge in [-0.3, -0.25) is 0 Å². The maximum atomic E-state index is 9.64. The molecule has 2 nitrogen and oxygen atoms in total. The zero-order valence-electron chi connectivity index (χ0n) is 13.6. The van der Waals surface area contributed by atoms with Crippen LogP contribution in [-0.2, 0) is 4.74 Å². The van der Waals surface area contributed by atoms with Crippen LogP contribution in [0.25, 0.3) is 0 Å². The lowest BCUT2D eigenvalue weighted by atomic mass is 10.0. The van der Waals surface area contributed by atoms with Gasteiger partial charge in [-0.05, 0) is 6.42 Å². The highest BCUT2D eigenvalue weighted by molar-refractivity contribution is 4.77. The van der Waals surface area contributed by atoms with E-state index in [2.05, 4.69) is 6.92 Å². The van der Waals surface area contributed by atoms with Crippen LogP contribution in [-0.4, -0.2) is 23.9 Å². The Morgan fingerprint density at radius 3 is 1.60 bits per heavy atom. The first-order valence-corrected chi connectivity index (χ1v) is 9.14. The third-order valence-electron chi connectivity index (χ3n) is 4.39. The second-order valence-corrected chi connectivity index (χ2v) is 6.47. The molecule has 2 heteroatoms. The predicted octanol–water partition coefficient (Wildman–Crippen LogP) is 5.23. The molecular weight excluding hydrogens is 248 g/mol. The molecule has 0 spiro atoms. The number of hydrogen-bond acceptors (Lipinski definition) is 2. The first-order chi connectivity index (χ1) is 9.84. The number of unbranched alkanes of at least 4 members (excludes halogenated alkanes) is 12. The van der Waals surface area contributed by atoms with E-state index in [1.165, 1.54) is 83.5 Å². The molecule has 1 heterocycles. The van der Waals surface area contributed by atoms with Crippen LogP contribution in [0.5, 0.6) is 0 Å². The highest BCUT2D eigenvalue weighted by Gasteiger charge is 2.30. The van der Waals surface area contributed by atoms with E-state index in [1.807, 2.05) is 0 Å². The molecule has 1 aliphatic rings. The largest absolute Gasteiger partial charge is 0.390 e. The van der Waals surface area contributed by atoms with Crippen molar-refractivity contribution in [3.05, 3.63) is 0 Å². The van der Waals surface area contributed by atoms with E-state index in [0.717, 1.165) is 13.0 Å². The Bertz CT molecular complexity index is 202. The van der Waals surface area contributed by atoms with E-state index in [0.29, 0.717) is 0 Å². The summed E-state index contributed by atoms with van der Waals surface area (Å²) >= 11 is 0. The normalized spacial score (nSPS) is 19.2. The number of aliphatic hydroxyl groups is 1. The second kappa shape index (κ2) is 12.6. The highest BCUT2D eigenvalue weighted by atomic mass is 16.6. The number of ether oxygens (including phenoxy) is 1. The molecule has 0 aromatic heterocycles. The Kier molecular flexibility index (Phi) is 11.4. The topological polar surface area (TPSA) is 32.8 Å². The maximum Gasteiger partial charge on any atom is 0.107 e. The molecule has 0 saturated carbocycles. The number of hydrogen-bond donors (Lipinski definition) is 1. The fraction of sp³-hybridized carbons (Fsp3) is 1.00. The van der Waals surface area contributed by atoms with Crippen LogP contribution >= 0.6 is 0 Å². The third kappa shape index (κ3) is 10.7. The van der Waals surface area contributed by atoms with Crippen LogP contribution in [0.2, 0.25) is 0 Å². The van der Waals surface area contributed by atoms with Gasteiger partial charge < -0.3 is 9.84 Å². The van der Waals surface area contributed by atoms with Gasteiger partial charge in [0.2, 0.25) is 0 Å². The third-order valence-corrected chi connectivity index (χ3v) is 4.39. The second-order valence-electron chi connectivity index (χ2n) is 6.47. The molecule has 1 saturated heterocycles. The first-order valence-electron chi connectivity index (χ1n) is 9.14. The standard InChI is InChI=1S/C18H36O2/c1-2-3-4-5-6-7-8-9-10-11-12-13-14-15-17(19)18-16-20-18/h17-19H,2-16H2,1H3/t17-,18-/m1/s1. The molecule has 0 aromatic rings. The van der Waals surface area contributed by atoms with Crippen molar-refractivity contribution in [3.63, 3.8) is 0 Å². The fourth-order valence-electron chi connectivity index (χ4n) is 2.83. The van der Waals surface area contributed by atoms with Crippen LogP contribution in [0.15, 0.2) is 0 Å². The highest BCUT2D eigenvalue weighted by Crippen LogP contribution is 2.19. The van der Waals surface area contributed by atoms with Crippen molar-refractivity contribution in [3.8, 4) is 0 Å². The quantitative estimate of drug-likeness (QED) is 0.330. The van der Waals surface area contributed by atoms with Crippen molar-refractivity contribution < 1.29 is 9.84 Å². The maximum absolute atomic E-state index is 9.64. The Morgan fingerprint density at radius 1 is 0.800 bits per heavy atom. The average molecular weight is 284 g/mol. The van der Waals surface area contributed by atoms with E-state index < -0.39 is 0 Å². The SMILES string of the molecule is CCCCCCCCCCCCCCC[C@@H](O)[C@H]1CO1. The summed E-state index contributed by atoms with van der Waals surface area (Å²) in [4.78, 5) is 0. The van der Waals surface area contributed by atoms with Crippen molar-refractivity contribution >= 4 is 0 Å². The summed E-state index contributed by atoms with van der Waals surface area (Å²) in [5.41, 5.74) is 0. The molecule has 2 atom stereocenters. The minimum Gasteiger partial charge on any atom is -0.390 e. The van der Waals surface area contributed by atoms with Gasteiger partial charge in [0.15, 0.2) is 0 Å². The summed E-state index contributed by atoms with van der Waals surface area (Å²) in [6.07, 6.45) is 18.9. The van der Waals surface area contributed by atoms with Crippen molar-refractivity contribution in [1.29, 1.82) is 0 Å². The molecule has 0 unspecified atom stereocenters. The Labute approximate surface area is 126 Å². The van der Waals surface area contributed by atoms with Gasteiger partial charge in [-0.25, -0.2) is 0 Å². The lowest BCUT2D eigenvalue weighted by molar-refractivity contribution is 0.123. The molecule has 120 valence electrons. The molecule has 20 heavy (non-hydrogen) atoms. The van der Waals surface area contributed by atoms with Gasteiger partial charge in [0.05, 0.1) is 12.7 Å². The van der Waals surface area contributed by atoms with Crippen molar-refractivity contribution in [2.24, 2.45) is 0 Å². The molecule has 1 aliphatic heterocycles. The van der Waals surface area contributed by atoms with Crippen molar-refractivity contribution in [2.45, 2.75) is 109 Å². The number of aliphatic hydroxyl groups excluding tert-OH is 1. The molecule has 1 fully saturated rings. The van der Waals surface area contributed by atoms with Crippen LogP contribution in [0.3, 0.4) is 0 Å². The summed E-state index contributed by atoms with van der Waals surface area (Å²) in [5, 5.41) is 9.64. The summed E-state index contributed by atoms with van der Waals surface area (Å²) in [6.45, 7) is 3.06. The van der Waals surface area contributed by atoms with E-state index in [9.17, 15) is 5.11 Å². The molecule has 0 aliphatic carbocycles. The smallest absolute Gasteiger partial charge is 0.107 e. The first kappa shape index (κ1) is 18.0. The monoisotopic (exact) mass is 284 g/mol. The van der Waals surface area contributed by atoms with Gasteiger partial charge in [-0.15, -0.1) is 0 Å². The number of rotatable bonds is 15. The molecule has 1 rings (SSSR count). The minimum absolute atomic E-state index is 0.173. The molecule has 0 radical (unpaired) electrons.